The minimum absolute atomic E-state index is 0.117. The van der Waals surface area contributed by atoms with Gasteiger partial charge >= 0.3 is 0 Å². The third-order valence-corrected chi connectivity index (χ3v) is 2.82. The molecule has 0 atom stereocenters. The number of aromatic amines is 1. The molecule has 2 aromatic heterocycles. The van der Waals surface area contributed by atoms with Crippen LogP contribution >= 0.6 is 11.8 Å². The molecule has 0 saturated carbocycles. The second-order valence-electron chi connectivity index (χ2n) is 3.47. The van der Waals surface area contributed by atoms with Crippen LogP contribution in [-0.4, -0.2) is 31.8 Å². The number of furan rings is 1. The molecule has 0 radical (unpaired) electrons. The SMILES string of the molecule is CC(C)Sc1ccoc1C(=O)Nc1nn[nH]n1. The molecule has 0 bridgehead atoms. The van der Waals surface area contributed by atoms with Gasteiger partial charge in [0.2, 0.25) is 5.76 Å². The fraction of sp³-hybridized carbons (Fsp3) is 0.333. The number of H-pyrrole nitrogens is 1. The van der Waals surface area contributed by atoms with Crippen LogP contribution in [-0.2, 0) is 0 Å². The zero-order valence-electron chi connectivity index (χ0n) is 9.30. The minimum Gasteiger partial charge on any atom is -0.458 e. The van der Waals surface area contributed by atoms with E-state index in [0.717, 1.165) is 4.90 Å². The van der Waals surface area contributed by atoms with Gasteiger partial charge in [-0.3, -0.25) is 10.1 Å². The van der Waals surface area contributed by atoms with Crippen LogP contribution in [0.4, 0.5) is 5.95 Å². The van der Waals surface area contributed by atoms with E-state index in [1.54, 1.807) is 17.8 Å². The Labute approximate surface area is 101 Å². The van der Waals surface area contributed by atoms with Crippen LogP contribution < -0.4 is 5.32 Å². The smallest absolute Gasteiger partial charge is 0.294 e. The van der Waals surface area contributed by atoms with Gasteiger partial charge in [-0.1, -0.05) is 18.9 Å². The lowest BCUT2D eigenvalue weighted by atomic mass is 10.4. The van der Waals surface area contributed by atoms with Crippen molar-refractivity contribution in [3.63, 3.8) is 0 Å². The lowest BCUT2D eigenvalue weighted by Crippen LogP contribution is -2.13. The quantitative estimate of drug-likeness (QED) is 0.802. The van der Waals surface area contributed by atoms with Crippen LogP contribution in [0.1, 0.15) is 24.4 Å². The van der Waals surface area contributed by atoms with Crippen LogP contribution in [0.3, 0.4) is 0 Å². The first-order chi connectivity index (χ1) is 8.16. The van der Waals surface area contributed by atoms with Gasteiger partial charge in [-0.15, -0.1) is 16.9 Å². The molecule has 7 nitrogen and oxygen atoms in total. The molecule has 2 N–H and O–H groups in total. The molecule has 1 amide bonds. The van der Waals surface area contributed by atoms with Crippen molar-refractivity contribution in [2.45, 2.75) is 24.0 Å². The van der Waals surface area contributed by atoms with E-state index in [4.69, 9.17) is 4.42 Å². The predicted molar refractivity (Wildman–Crippen MR) is 61.8 cm³/mol. The highest BCUT2D eigenvalue weighted by Crippen LogP contribution is 2.27. The topological polar surface area (TPSA) is 96.7 Å². The number of carbonyl (C=O) groups is 1. The molecule has 8 heteroatoms. The molecule has 0 aliphatic carbocycles. The van der Waals surface area contributed by atoms with Crippen molar-refractivity contribution in [3.8, 4) is 0 Å². The molecule has 2 heterocycles. The zero-order chi connectivity index (χ0) is 12.3. The maximum absolute atomic E-state index is 11.8. The Morgan fingerprint density at radius 1 is 1.59 bits per heavy atom. The molecule has 2 rings (SSSR count). The summed E-state index contributed by atoms with van der Waals surface area (Å²) in [5.74, 6) is -0.0139. The molecule has 0 aliphatic rings. The van der Waals surface area contributed by atoms with E-state index in [2.05, 4.69) is 25.9 Å². The first-order valence-electron chi connectivity index (χ1n) is 4.95. The number of hydrogen-bond donors (Lipinski definition) is 2. The third kappa shape index (κ3) is 2.84. The van der Waals surface area contributed by atoms with E-state index >= 15 is 0 Å². The van der Waals surface area contributed by atoms with Gasteiger partial charge in [-0.2, -0.15) is 5.21 Å². The molecule has 17 heavy (non-hydrogen) atoms. The highest BCUT2D eigenvalue weighted by molar-refractivity contribution is 8.00. The third-order valence-electron chi connectivity index (χ3n) is 1.77. The van der Waals surface area contributed by atoms with Crippen LogP contribution in [0.25, 0.3) is 0 Å². The minimum atomic E-state index is -0.389. The summed E-state index contributed by atoms with van der Waals surface area (Å²) in [6.45, 7) is 4.08. The van der Waals surface area contributed by atoms with Crippen molar-refractivity contribution in [1.29, 1.82) is 0 Å². The fourth-order valence-corrected chi connectivity index (χ4v) is 2.07. The van der Waals surface area contributed by atoms with E-state index in [1.165, 1.54) is 6.26 Å². The summed E-state index contributed by atoms with van der Waals surface area (Å²) in [7, 11) is 0. The molecule has 0 aromatic carbocycles. The Bertz CT molecular complexity index is 493. The number of rotatable bonds is 4. The average molecular weight is 253 g/mol. The van der Waals surface area contributed by atoms with E-state index < -0.39 is 0 Å². The van der Waals surface area contributed by atoms with Gasteiger partial charge in [-0.25, -0.2) is 0 Å². The molecule has 2 aromatic rings. The number of anilines is 1. The normalized spacial score (nSPS) is 10.8. The second kappa shape index (κ2) is 5.00. The fourth-order valence-electron chi connectivity index (χ4n) is 1.18. The summed E-state index contributed by atoms with van der Waals surface area (Å²) in [6.07, 6.45) is 1.48. The molecule has 90 valence electrons. The van der Waals surface area contributed by atoms with Gasteiger partial charge in [0.15, 0.2) is 0 Å². The Hall–Kier alpha value is -1.83. The number of aromatic nitrogens is 4. The van der Waals surface area contributed by atoms with E-state index in [0.29, 0.717) is 5.25 Å². The van der Waals surface area contributed by atoms with Crippen molar-refractivity contribution in [2.75, 3.05) is 5.32 Å². The summed E-state index contributed by atoms with van der Waals surface area (Å²) in [5, 5.41) is 15.7. The van der Waals surface area contributed by atoms with Crippen LogP contribution in [0.2, 0.25) is 0 Å². The summed E-state index contributed by atoms with van der Waals surface area (Å²) >= 11 is 1.55. The number of amides is 1. The van der Waals surface area contributed by atoms with Crippen molar-refractivity contribution in [2.24, 2.45) is 0 Å². The summed E-state index contributed by atoms with van der Waals surface area (Å²) in [5.41, 5.74) is 0. The molecule has 0 fully saturated rings. The highest BCUT2D eigenvalue weighted by Gasteiger charge is 2.18. The summed E-state index contributed by atoms with van der Waals surface area (Å²) in [6, 6.07) is 1.76. The van der Waals surface area contributed by atoms with Gasteiger partial charge in [-0.05, 0) is 11.3 Å². The number of thioether (sulfide) groups is 1. The number of nitrogens with zero attached hydrogens (tertiary/aromatic N) is 3. The van der Waals surface area contributed by atoms with Gasteiger partial charge in [0.05, 0.1) is 11.2 Å². The Balaban J connectivity index is 2.11. The predicted octanol–water partition coefficient (Wildman–Crippen LogP) is 1.55. The lowest BCUT2D eigenvalue weighted by Gasteiger charge is -2.04. The Kier molecular flexibility index (Phi) is 3.43. The first kappa shape index (κ1) is 11.6. The molecule has 0 aliphatic heterocycles. The van der Waals surface area contributed by atoms with Crippen molar-refractivity contribution >= 4 is 23.6 Å². The van der Waals surface area contributed by atoms with Gasteiger partial charge in [0, 0.05) is 5.25 Å². The number of tetrazole rings is 1. The van der Waals surface area contributed by atoms with E-state index in [-0.39, 0.29) is 17.6 Å². The molecule has 0 unspecified atom stereocenters. The van der Waals surface area contributed by atoms with Crippen molar-refractivity contribution in [1.82, 2.24) is 20.6 Å². The summed E-state index contributed by atoms with van der Waals surface area (Å²) in [4.78, 5) is 12.6. The summed E-state index contributed by atoms with van der Waals surface area (Å²) < 4.78 is 5.16. The van der Waals surface area contributed by atoms with Crippen molar-refractivity contribution in [3.05, 3.63) is 18.1 Å². The average Bonchev–Trinajstić information content (AvgIpc) is 2.87. The number of hydrogen-bond acceptors (Lipinski definition) is 6. The van der Waals surface area contributed by atoms with Crippen molar-refractivity contribution < 1.29 is 9.21 Å². The van der Waals surface area contributed by atoms with Crippen LogP contribution in [0, 0.1) is 0 Å². The maximum atomic E-state index is 11.8. The highest BCUT2D eigenvalue weighted by atomic mass is 32.2. The number of carbonyl (C=O) groups excluding carboxylic acids is 1. The van der Waals surface area contributed by atoms with Gasteiger partial charge in [0.1, 0.15) is 0 Å². The van der Waals surface area contributed by atoms with Gasteiger partial charge < -0.3 is 4.42 Å². The molecular formula is C9H11N5O2S. The molecule has 0 spiro atoms. The first-order valence-corrected chi connectivity index (χ1v) is 5.83. The Morgan fingerprint density at radius 2 is 2.41 bits per heavy atom. The van der Waals surface area contributed by atoms with Crippen LogP contribution in [0.5, 0.6) is 0 Å². The van der Waals surface area contributed by atoms with E-state index in [9.17, 15) is 4.79 Å². The monoisotopic (exact) mass is 253 g/mol. The van der Waals surface area contributed by atoms with E-state index in [1.807, 2.05) is 13.8 Å². The number of nitrogens with one attached hydrogen (secondary N) is 2. The maximum Gasteiger partial charge on any atom is 0.294 e. The second-order valence-corrected chi connectivity index (χ2v) is 5.09. The zero-order valence-corrected chi connectivity index (χ0v) is 10.1. The molecular weight excluding hydrogens is 242 g/mol. The van der Waals surface area contributed by atoms with Crippen LogP contribution in [0.15, 0.2) is 21.6 Å². The lowest BCUT2D eigenvalue weighted by molar-refractivity contribution is 0.0992. The molecule has 0 saturated heterocycles. The Morgan fingerprint density at radius 3 is 3.06 bits per heavy atom. The largest absolute Gasteiger partial charge is 0.458 e. The van der Waals surface area contributed by atoms with Gasteiger partial charge in [0.25, 0.3) is 11.9 Å². The standard InChI is InChI=1S/C9H11N5O2S/c1-5(2)17-6-3-4-16-7(6)8(15)10-9-11-13-14-12-9/h3-5H,1-2H3,(H2,10,11,12,13,14,15).